The molecule has 0 spiro atoms. The van der Waals surface area contributed by atoms with Gasteiger partial charge in [0.25, 0.3) is 5.22 Å². The molecule has 0 amide bonds. The topological polar surface area (TPSA) is 45.9 Å². The SMILES string of the molecule is CSc1nc([O])co1. The van der Waals surface area contributed by atoms with Gasteiger partial charge in [0, 0.05) is 0 Å². The summed E-state index contributed by atoms with van der Waals surface area (Å²) in [5.41, 5.74) is 0. The fourth-order valence-electron chi connectivity index (χ4n) is 0.337. The molecule has 0 aliphatic carbocycles. The molecule has 0 aliphatic heterocycles. The van der Waals surface area contributed by atoms with Gasteiger partial charge in [-0.3, -0.25) is 5.11 Å². The maximum absolute atomic E-state index is 10.2. The summed E-state index contributed by atoms with van der Waals surface area (Å²) < 4.78 is 4.65. The number of hydrogen-bond donors (Lipinski definition) is 0. The third-order valence-corrected chi connectivity index (χ3v) is 1.17. The van der Waals surface area contributed by atoms with Gasteiger partial charge in [-0.1, -0.05) is 11.8 Å². The second-order valence-electron chi connectivity index (χ2n) is 1.16. The van der Waals surface area contributed by atoms with Crippen LogP contribution in [0.15, 0.2) is 15.9 Å². The first kappa shape index (κ1) is 5.50. The quantitative estimate of drug-likeness (QED) is 0.541. The molecule has 3 nitrogen and oxygen atoms in total. The summed E-state index contributed by atoms with van der Waals surface area (Å²) in [6, 6.07) is 0. The van der Waals surface area contributed by atoms with Crippen molar-refractivity contribution in [3.63, 3.8) is 0 Å². The summed E-state index contributed by atoms with van der Waals surface area (Å²) in [6.07, 6.45) is 2.89. The first-order chi connectivity index (χ1) is 3.83. The van der Waals surface area contributed by atoms with Crippen LogP contribution < -0.4 is 0 Å². The van der Waals surface area contributed by atoms with Crippen LogP contribution in [0, 0.1) is 0 Å². The first-order valence-electron chi connectivity index (χ1n) is 1.99. The van der Waals surface area contributed by atoms with E-state index in [2.05, 4.69) is 9.40 Å². The van der Waals surface area contributed by atoms with Gasteiger partial charge in [-0.2, -0.15) is 4.98 Å². The third-order valence-electron chi connectivity index (χ3n) is 0.637. The van der Waals surface area contributed by atoms with Crippen LogP contribution in [-0.2, 0) is 5.11 Å². The lowest BCUT2D eigenvalue weighted by molar-refractivity contribution is 0.335. The minimum atomic E-state index is -0.311. The number of hydrogen-bond acceptors (Lipinski definition) is 3. The second-order valence-corrected chi connectivity index (χ2v) is 1.91. The average molecular weight is 130 g/mol. The van der Waals surface area contributed by atoms with Gasteiger partial charge in [0.15, 0.2) is 6.26 Å². The Labute approximate surface area is 50.7 Å². The lowest BCUT2D eigenvalue weighted by Gasteiger charge is -1.76. The molecule has 0 atom stereocenters. The van der Waals surface area contributed by atoms with Crippen molar-refractivity contribution in [2.45, 2.75) is 5.22 Å². The molecule has 1 heterocycles. The molecule has 1 radical (unpaired) electrons. The van der Waals surface area contributed by atoms with Gasteiger partial charge >= 0.3 is 5.88 Å². The fourth-order valence-corrected chi connectivity index (χ4v) is 0.663. The van der Waals surface area contributed by atoms with Crippen molar-refractivity contribution in [2.75, 3.05) is 6.26 Å². The lowest BCUT2D eigenvalue weighted by atomic mass is 10.9. The van der Waals surface area contributed by atoms with E-state index in [9.17, 15) is 5.11 Å². The number of oxazole rings is 1. The molecule has 1 rings (SSSR count). The van der Waals surface area contributed by atoms with E-state index >= 15 is 0 Å². The molecule has 0 fully saturated rings. The van der Waals surface area contributed by atoms with E-state index in [4.69, 9.17) is 0 Å². The van der Waals surface area contributed by atoms with Crippen LogP contribution in [0.1, 0.15) is 0 Å². The standard InChI is InChI=1S/C4H4NO2S/c1-8-4-5-3(6)2-7-4/h2H,1H3. The summed E-state index contributed by atoms with van der Waals surface area (Å²) in [4.78, 5) is 3.47. The van der Waals surface area contributed by atoms with Crippen LogP contribution in [0.4, 0.5) is 0 Å². The van der Waals surface area contributed by atoms with E-state index in [0.717, 1.165) is 6.26 Å². The summed E-state index contributed by atoms with van der Waals surface area (Å²) in [5, 5.41) is 10.7. The maximum Gasteiger partial charge on any atom is 0.308 e. The van der Waals surface area contributed by atoms with Crippen LogP contribution in [0.3, 0.4) is 0 Å². The molecule has 8 heavy (non-hydrogen) atoms. The molecule has 0 bridgehead atoms. The van der Waals surface area contributed by atoms with Gasteiger partial charge in [0.2, 0.25) is 0 Å². The van der Waals surface area contributed by atoms with Crippen molar-refractivity contribution < 1.29 is 9.52 Å². The number of thioether (sulfide) groups is 1. The monoisotopic (exact) mass is 130 g/mol. The largest absolute Gasteiger partial charge is 0.436 e. The minimum Gasteiger partial charge on any atom is -0.436 e. The van der Waals surface area contributed by atoms with Gasteiger partial charge in [-0.25, -0.2) is 0 Å². The van der Waals surface area contributed by atoms with E-state index in [1.807, 2.05) is 0 Å². The van der Waals surface area contributed by atoms with Crippen molar-refractivity contribution in [1.82, 2.24) is 4.98 Å². The van der Waals surface area contributed by atoms with E-state index in [0.29, 0.717) is 5.22 Å². The lowest BCUT2D eigenvalue weighted by Crippen LogP contribution is -1.62. The van der Waals surface area contributed by atoms with Crippen LogP contribution in [0.2, 0.25) is 0 Å². The molecule has 1 aromatic rings. The number of nitrogens with zero attached hydrogens (tertiary/aromatic N) is 1. The minimum absolute atomic E-state index is 0.311. The van der Waals surface area contributed by atoms with Crippen LogP contribution in [-0.4, -0.2) is 11.2 Å². The summed E-state index contributed by atoms with van der Waals surface area (Å²) in [6.45, 7) is 0. The Morgan fingerprint density at radius 1 is 1.88 bits per heavy atom. The first-order valence-corrected chi connectivity index (χ1v) is 3.22. The smallest absolute Gasteiger partial charge is 0.308 e. The van der Waals surface area contributed by atoms with E-state index in [-0.39, 0.29) is 5.88 Å². The third kappa shape index (κ3) is 0.949. The molecule has 0 aromatic carbocycles. The summed E-state index contributed by atoms with van der Waals surface area (Å²) in [7, 11) is 0. The Morgan fingerprint density at radius 3 is 2.88 bits per heavy atom. The Balaban J connectivity index is 2.84. The zero-order valence-corrected chi connectivity index (χ0v) is 5.07. The molecular formula is C4H4NO2S. The fraction of sp³-hybridized carbons (Fsp3) is 0.250. The van der Waals surface area contributed by atoms with Crippen molar-refractivity contribution >= 4 is 11.8 Å². The predicted octanol–water partition coefficient (Wildman–Crippen LogP) is 1.54. The normalized spacial score (nSPS) is 9.62. The van der Waals surface area contributed by atoms with Gasteiger partial charge in [-0.05, 0) is 6.26 Å². The molecule has 4 heteroatoms. The molecule has 1 aromatic heterocycles. The van der Waals surface area contributed by atoms with E-state index in [1.165, 1.54) is 11.8 Å². The van der Waals surface area contributed by atoms with Crippen molar-refractivity contribution in [2.24, 2.45) is 0 Å². The number of rotatable bonds is 1. The van der Waals surface area contributed by atoms with Crippen molar-refractivity contribution in [1.29, 1.82) is 0 Å². The van der Waals surface area contributed by atoms with Gasteiger partial charge < -0.3 is 4.42 Å². The van der Waals surface area contributed by atoms with E-state index in [1.54, 1.807) is 6.26 Å². The Morgan fingerprint density at radius 2 is 2.62 bits per heavy atom. The highest BCUT2D eigenvalue weighted by Gasteiger charge is 1.98. The summed E-state index contributed by atoms with van der Waals surface area (Å²) in [5.74, 6) is -0.311. The molecule has 0 N–H and O–H groups in total. The highest BCUT2D eigenvalue weighted by Crippen LogP contribution is 2.16. The zero-order valence-electron chi connectivity index (χ0n) is 4.25. The van der Waals surface area contributed by atoms with Crippen LogP contribution >= 0.6 is 11.8 Å². The second kappa shape index (κ2) is 2.09. The predicted molar refractivity (Wildman–Crippen MR) is 28.4 cm³/mol. The highest BCUT2D eigenvalue weighted by molar-refractivity contribution is 7.98. The van der Waals surface area contributed by atoms with Crippen molar-refractivity contribution in [3.8, 4) is 5.88 Å². The van der Waals surface area contributed by atoms with Crippen molar-refractivity contribution in [3.05, 3.63) is 6.26 Å². The Hall–Kier alpha value is -0.640. The molecule has 0 unspecified atom stereocenters. The highest BCUT2D eigenvalue weighted by atomic mass is 32.2. The Bertz CT molecular complexity index is 174. The molecule has 43 valence electrons. The summed E-state index contributed by atoms with van der Waals surface area (Å²) >= 11 is 1.31. The Kier molecular flexibility index (Phi) is 1.43. The maximum atomic E-state index is 10.2. The van der Waals surface area contributed by atoms with Gasteiger partial charge in [-0.15, -0.1) is 0 Å². The van der Waals surface area contributed by atoms with E-state index < -0.39 is 0 Å². The molecule has 0 aliphatic rings. The molecule has 0 saturated carbocycles. The molecular weight excluding hydrogens is 126 g/mol. The number of aromatic nitrogens is 1. The molecule has 0 saturated heterocycles. The van der Waals surface area contributed by atoms with Gasteiger partial charge in [0.1, 0.15) is 0 Å². The van der Waals surface area contributed by atoms with Crippen LogP contribution in [0.25, 0.3) is 0 Å². The average Bonchev–Trinajstić information content (AvgIpc) is 2.14. The zero-order chi connectivity index (χ0) is 5.98. The van der Waals surface area contributed by atoms with Gasteiger partial charge in [0.05, 0.1) is 0 Å². The van der Waals surface area contributed by atoms with Crippen LogP contribution in [0.5, 0.6) is 5.88 Å².